The Hall–Kier alpha value is -3.85. The molecule has 0 aliphatic rings. The zero-order valence-corrected chi connectivity index (χ0v) is 16.3. The van der Waals surface area contributed by atoms with Crippen molar-refractivity contribution in [1.82, 2.24) is 14.8 Å². The first kappa shape index (κ1) is 19.5. The zero-order chi connectivity index (χ0) is 20.8. The summed E-state index contributed by atoms with van der Waals surface area (Å²) in [5, 5.41) is 7.21. The van der Waals surface area contributed by atoms with E-state index in [1.54, 1.807) is 47.3 Å². The molecule has 0 fully saturated rings. The molecule has 1 aromatic carbocycles. The SMILES string of the molecule is CCOCCOc1nc(-c2ccco2)n(-c2ccc(NC(=O)c3ccco3)cc2)n1. The zero-order valence-electron chi connectivity index (χ0n) is 16.3. The molecule has 0 saturated heterocycles. The summed E-state index contributed by atoms with van der Waals surface area (Å²) in [6, 6.07) is 14.2. The van der Waals surface area contributed by atoms with Gasteiger partial charge in [0.25, 0.3) is 5.91 Å². The van der Waals surface area contributed by atoms with E-state index in [1.165, 1.54) is 6.26 Å². The van der Waals surface area contributed by atoms with Gasteiger partial charge in [0.15, 0.2) is 11.5 Å². The molecule has 30 heavy (non-hydrogen) atoms. The lowest BCUT2D eigenvalue weighted by Crippen LogP contribution is -2.10. The minimum absolute atomic E-state index is 0.219. The highest BCUT2D eigenvalue weighted by Gasteiger charge is 2.17. The number of aromatic nitrogens is 3. The molecule has 1 amide bonds. The lowest BCUT2D eigenvalue weighted by atomic mass is 10.2. The van der Waals surface area contributed by atoms with E-state index in [2.05, 4.69) is 15.4 Å². The maximum atomic E-state index is 12.1. The predicted octanol–water partition coefficient (Wildman–Crippen LogP) is 3.79. The van der Waals surface area contributed by atoms with Crippen molar-refractivity contribution < 1.29 is 23.1 Å². The monoisotopic (exact) mass is 408 g/mol. The van der Waals surface area contributed by atoms with Crippen LogP contribution in [0.5, 0.6) is 6.01 Å². The van der Waals surface area contributed by atoms with Gasteiger partial charge in [-0.1, -0.05) is 0 Å². The number of anilines is 1. The van der Waals surface area contributed by atoms with Crippen molar-refractivity contribution in [3.8, 4) is 23.3 Å². The first-order valence-electron chi connectivity index (χ1n) is 9.41. The van der Waals surface area contributed by atoms with Crippen LogP contribution in [0.2, 0.25) is 0 Å². The van der Waals surface area contributed by atoms with Gasteiger partial charge in [0.1, 0.15) is 6.61 Å². The number of hydrogen-bond acceptors (Lipinski definition) is 7. The number of rotatable bonds is 9. The second kappa shape index (κ2) is 9.10. The smallest absolute Gasteiger partial charge is 0.336 e. The third-order valence-corrected chi connectivity index (χ3v) is 4.11. The molecule has 4 aromatic rings. The van der Waals surface area contributed by atoms with Gasteiger partial charge in [0.05, 0.1) is 24.8 Å². The van der Waals surface area contributed by atoms with E-state index < -0.39 is 0 Å². The number of carbonyl (C=O) groups is 1. The molecule has 9 nitrogen and oxygen atoms in total. The van der Waals surface area contributed by atoms with Crippen LogP contribution in [0.1, 0.15) is 17.5 Å². The maximum absolute atomic E-state index is 12.1. The van der Waals surface area contributed by atoms with E-state index in [4.69, 9.17) is 18.3 Å². The summed E-state index contributed by atoms with van der Waals surface area (Å²) in [7, 11) is 0. The van der Waals surface area contributed by atoms with Crippen molar-refractivity contribution in [2.45, 2.75) is 6.92 Å². The van der Waals surface area contributed by atoms with Gasteiger partial charge in [-0.25, -0.2) is 4.68 Å². The van der Waals surface area contributed by atoms with Crippen molar-refractivity contribution in [1.29, 1.82) is 0 Å². The van der Waals surface area contributed by atoms with Crippen LogP contribution in [0.4, 0.5) is 5.69 Å². The molecule has 3 heterocycles. The van der Waals surface area contributed by atoms with Gasteiger partial charge >= 0.3 is 6.01 Å². The van der Waals surface area contributed by atoms with Crippen LogP contribution < -0.4 is 10.1 Å². The minimum Gasteiger partial charge on any atom is -0.461 e. The number of carbonyl (C=O) groups excluding carboxylic acids is 1. The van der Waals surface area contributed by atoms with Crippen LogP contribution in [0.25, 0.3) is 17.3 Å². The Morgan fingerprint density at radius 1 is 1.07 bits per heavy atom. The summed E-state index contributed by atoms with van der Waals surface area (Å²) in [6.45, 7) is 3.33. The summed E-state index contributed by atoms with van der Waals surface area (Å²) in [5.74, 6) is 0.968. The number of nitrogens with one attached hydrogen (secondary N) is 1. The number of amides is 1. The van der Waals surface area contributed by atoms with Crippen molar-refractivity contribution in [2.75, 3.05) is 25.1 Å². The number of furan rings is 2. The first-order valence-corrected chi connectivity index (χ1v) is 9.41. The maximum Gasteiger partial charge on any atom is 0.336 e. The van der Waals surface area contributed by atoms with Gasteiger partial charge in [0.2, 0.25) is 5.82 Å². The topological polar surface area (TPSA) is 105 Å². The first-order chi connectivity index (χ1) is 14.7. The molecule has 0 aliphatic carbocycles. The third kappa shape index (κ3) is 4.41. The molecule has 4 rings (SSSR count). The summed E-state index contributed by atoms with van der Waals surface area (Å²) in [4.78, 5) is 16.5. The quantitative estimate of drug-likeness (QED) is 0.420. The fraction of sp³-hybridized carbons (Fsp3) is 0.190. The highest BCUT2D eigenvalue weighted by Crippen LogP contribution is 2.25. The molecule has 0 radical (unpaired) electrons. The van der Waals surface area contributed by atoms with Gasteiger partial charge in [-0.05, 0) is 55.5 Å². The Labute approximate surface area is 172 Å². The van der Waals surface area contributed by atoms with Crippen molar-refractivity contribution in [3.05, 3.63) is 66.8 Å². The van der Waals surface area contributed by atoms with Crippen LogP contribution in [-0.2, 0) is 4.74 Å². The average molecular weight is 408 g/mol. The molecule has 0 unspecified atom stereocenters. The van der Waals surface area contributed by atoms with Gasteiger partial charge < -0.3 is 23.6 Å². The van der Waals surface area contributed by atoms with Crippen LogP contribution in [-0.4, -0.2) is 40.5 Å². The van der Waals surface area contributed by atoms with Crippen molar-refractivity contribution in [3.63, 3.8) is 0 Å². The Morgan fingerprint density at radius 3 is 2.57 bits per heavy atom. The number of ether oxygens (including phenoxy) is 2. The molecule has 0 bridgehead atoms. The van der Waals surface area contributed by atoms with Gasteiger partial charge in [0, 0.05) is 12.3 Å². The van der Waals surface area contributed by atoms with Crippen LogP contribution in [0.3, 0.4) is 0 Å². The number of benzene rings is 1. The molecule has 0 aliphatic heterocycles. The Kier molecular flexibility index (Phi) is 5.90. The lowest BCUT2D eigenvalue weighted by molar-refractivity contribution is 0.0996. The van der Waals surface area contributed by atoms with Crippen LogP contribution >= 0.6 is 0 Å². The van der Waals surface area contributed by atoms with E-state index in [0.717, 1.165) is 5.69 Å². The molecule has 0 saturated carbocycles. The van der Waals surface area contributed by atoms with E-state index >= 15 is 0 Å². The molecular weight excluding hydrogens is 388 g/mol. The second-order valence-electron chi connectivity index (χ2n) is 6.13. The van der Waals surface area contributed by atoms with Crippen LogP contribution in [0, 0.1) is 0 Å². The Bertz CT molecular complexity index is 1070. The number of nitrogens with zero attached hydrogens (tertiary/aromatic N) is 3. The summed E-state index contributed by atoms with van der Waals surface area (Å²) >= 11 is 0. The predicted molar refractivity (Wildman–Crippen MR) is 108 cm³/mol. The van der Waals surface area contributed by atoms with Gasteiger partial charge in [-0.3, -0.25) is 4.79 Å². The standard InChI is InChI=1S/C21H20N4O5/c1-2-27-13-14-30-21-23-19(17-5-3-11-28-17)25(24-21)16-9-7-15(8-10-16)22-20(26)18-6-4-12-29-18/h3-12H,2,13-14H2,1H3,(H,22,26). The Morgan fingerprint density at radius 2 is 1.87 bits per heavy atom. The second-order valence-corrected chi connectivity index (χ2v) is 6.13. The van der Waals surface area contributed by atoms with E-state index in [1.807, 2.05) is 19.1 Å². The molecule has 3 aromatic heterocycles. The highest BCUT2D eigenvalue weighted by molar-refractivity contribution is 6.02. The molecular formula is C21H20N4O5. The molecule has 154 valence electrons. The van der Waals surface area contributed by atoms with E-state index in [-0.39, 0.29) is 17.7 Å². The fourth-order valence-electron chi connectivity index (χ4n) is 2.72. The minimum atomic E-state index is -0.324. The third-order valence-electron chi connectivity index (χ3n) is 4.11. The highest BCUT2D eigenvalue weighted by atomic mass is 16.5. The summed E-state index contributed by atoms with van der Waals surface area (Å²) < 4.78 is 23.1. The Balaban J connectivity index is 1.54. The summed E-state index contributed by atoms with van der Waals surface area (Å²) in [5.41, 5.74) is 1.34. The molecule has 9 heteroatoms. The van der Waals surface area contributed by atoms with Gasteiger partial charge in [-0.2, -0.15) is 4.98 Å². The lowest BCUT2D eigenvalue weighted by Gasteiger charge is -2.07. The van der Waals surface area contributed by atoms with E-state index in [0.29, 0.717) is 37.1 Å². The fourth-order valence-corrected chi connectivity index (χ4v) is 2.72. The largest absolute Gasteiger partial charge is 0.461 e. The molecule has 0 spiro atoms. The average Bonchev–Trinajstić information content (AvgIpc) is 3.53. The normalized spacial score (nSPS) is 10.8. The number of hydrogen-bond donors (Lipinski definition) is 1. The van der Waals surface area contributed by atoms with Crippen molar-refractivity contribution in [2.24, 2.45) is 0 Å². The summed E-state index contributed by atoms with van der Waals surface area (Å²) in [6.07, 6.45) is 3.02. The van der Waals surface area contributed by atoms with Gasteiger partial charge in [-0.15, -0.1) is 5.10 Å². The molecule has 0 atom stereocenters. The molecule has 1 N–H and O–H groups in total. The van der Waals surface area contributed by atoms with Crippen LogP contribution in [0.15, 0.2) is 69.9 Å². The van der Waals surface area contributed by atoms with Crippen molar-refractivity contribution >= 4 is 11.6 Å². The van der Waals surface area contributed by atoms with E-state index in [9.17, 15) is 4.79 Å².